The molecule has 2 heteroatoms. The fourth-order valence-electron chi connectivity index (χ4n) is 1.31. The van der Waals surface area contributed by atoms with E-state index in [0.717, 1.165) is 24.2 Å². The molecule has 0 heterocycles. The van der Waals surface area contributed by atoms with E-state index < -0.39 is 0 Å². The Labute approximate surface area is 97.0 Å². The number of aryl methyl sites for hydroxylation is 1. The van der Waals surface area contributed by atoms with E-state index in [9.17, 15) is 0 Å². The molecule has 0 unspecified atom stereocenters. The van der Waals surface area contributed by atoms with E-state index in [1.165, 1.54) is 5.56 Å². The zero-order valence-corrected chi connectivity index (χ0v) is 9.39. The minimum Gasteiger partial charge on any atom is -0.402 e. The molecule has 0 radical (unpaired) electrons. The summed E-state index contributed by atoms with van der Waals surface area (Å²) in [5.74, 6) is 0. The van der Waals surface area contributed by atoms with Gasteiger partial charge in [0, 0.05) is 11.4 Å². The van der Waals surface area contributed by atoms with Crippen LogP contribution < -0.4 is 11.5 Å². The van der Waals surface area contributed by atoms with Gasteiger partial charge in [-0.1, -0.05) is 36.9 Å². The van der Waals surface area contributed by atoms with Crippen molar-refractivity contribution >= 4 is 5.69 Å². The normalized spacial score (nSPS) is 11.9. The molecule has 0 atom stereocenters. The number of benzene rings is 1. The first-order valence-corrected chi connectivity index (χ1v) is 5.30. The predicted molar refractivity (Wildman–Crippen MR) is 70.8 cm³/mol. The summed E-state index contributed by atoms with van der Waals surface area (Å²) in [5.41, 5.74) is 14.4. The SMILES string of the molecule is C=C/C=C\C=C(/N)CCc1ccc(N)cc1. The van der Waals surface area contributed by atoms with E-state index in [1.807, 2.05) is 42.5 Å². The molecule has 2 nitrogen and oxygen atoms in total. The molecule has 0 fully saturated rings. The molecule has 0 bridgehead atoms. The molecular weight excluding hydrogens is 196 g/mol. The Morgan fingerprint density at radius 2 is 1.88 bits per heavy atom. The molecule has 0 saturated heterocycles. The van der Waals surface area contributed by atoms with Gasteiger partial charge < -0.3 is 11.5 Å². The van der Waals surface area contributed by atoms with Crippen molar-refractivity contribution in [3.05, 3.63) is 66.4 Å². The second-order valence-corrected chi connectivity index (χ2v) is 3.60. The third kappa shape index (κ3) is 4.51. The van der Waals surface area contributed by atoms with Crippen LogP contribution in [0.1, 0.15) is 12.0 Å². The first-order valence-electron chi connectivity index (χ1n) is 5.30. The molecule has 0 aliphatic carbocycles. The van der Waals surface area contributed by atoms with Gasteiger partial charge in [0.1, 0.15) is 0 Å². The Morgan fingerprint density at radius 3 is 2.50 bits per heavy atom. The molecule has 0 amide bonds. The smallest absolute Gasteiger partial charge is 0.0314 e. The van der Waals surface area contributed by atoms with Crippen molar-refractivity contribution in [3.8, 4) is 0 Å². The summed E-state index contributed by atoms with van der Waals surface area (Å²) in [6.45, 7) is 3.59. The predicted octanol–water partition coefficient (Wildman–Crippen LogP) is 2.79. The lowest BCUT2D eigenvalue weighted by Crippen LogP contribution is -1.98. The maximum absolute atomic E-state index is 5.84. The molecule has 84 valence electrons. The minimum atomic E-state index is 0.793. The first-order chi connectivity index (χ1) is 7.72. The standard InChI is InChI=1S/C14H18N2/c1-2-3-4-5-13(15)9-6-12-7-10-14(16)11-8-12/h2-5,7-8,10-11H,1,6,9,15-16H2/b4-3-,13-5-. The fraction of sp³-hybridized carbons (Fsp3) is 0.143. The Bertz CT molecular complexity index is 386. The minimum absolute atomic E-state index is 0.793. The third-order valence-electron chi connectivity index (χ3n) is 2.24. The summed E-state index contributed by atoms with van der Waals surface area (Å²) in [6, 6.07) is 7.88. The molecule has 1 aromatic carbocycles. The van der Waals surface area contributed by atoms with Crippen LogP contribution in [-0.4, -0.2) is 0 Å². The van der Waals surface area contributed by atoms with Crippen LogP contribution in [0.4, 0.5) is 5.69 Å². The van der Waals surface area contributed by atoms with Crippen LogP contribution in [0.2, 0.25) is 0 Å². The van der Waals surface area contributed by atoms with E-state index in [0.29, 0.717) is 0 Å². The second kappa shape index (κ2) is 6.51. The van der Waals surface area contributed by atoms with Gasteiger partial charge in [-0.2, -0.15) is 0 Å². The highest BCUT2D eigenvalue weighted by atomic mass is 14.6. The number of nitrogen functional groups attached to an aromatic ring is 1. The number of hydrogen-bond donors (Lipinski definition) is 2. The number of allylic oxidation sites excluding steroid dienone is 5. The molecular formula is C14H18N2. The van der Waals surface area contributed by atoms with Crippen molar-refractivity contribution < 1.29 is 0 Å². The van der Waals surface area contributed by atoms with Crippen molar-refractivity contribution in [3.63, 3.8) is 0 Å². The van der Waals surface area contributed by atoms with Crippen LogP contribution in [0, 0.1) is 0 Å². The average Bonchev–Trinajstić information content (AvgIpc) is 2.29. The number of anilines is 1. The third-order valence-corrected chi connectivity index (χ3v) is 2.24. The fourth-order valence-corrected chi connectivity index (χ4v) is 1.31. The molecule has 0 spiro atoms. The maximum atomic E-state index is 5.84. The van der Waals surface area contributed by atoms with Crippen LogP contribution in [0.5, 0.6) is 0 Å². The summed E-state index contributed by atoms with van der Waals surface area (Å²) in [5, 5.41) is 0. The van der Waals surface area contributed by atoms with E-state index >= 15 is 0 Å². The average molecular weight is 214 g/mol. The highest BCUT2D eigenvalue weighted by Gasteiger charge is 1.94. The number of rotatable bonds is 5. The van der Waals surface area contributed by atoms with Crippen LogP contribution in [-0.2, 0) is 6.42 Å². The molecule has 16 heavy (non-hydrogen) atoms. The molecule has 0 aromatic heterocycles. The van der Waals surface area contributed by atoms with Crippen LogP contribution in [0.25, 0.3) is 0 Å². The summed E-state index contributed by atoms with van der Waals surface area (Å²) in [4.78, 5) is 0. The first kappa shape index (κ1) is 12.1. The molecule has 0 saturated carbocycles. The lowest BCUT2D eigenvalue weighted by atomic mass is 10.1. The second-order valence-electron chi connectivity index (χ2n) is 3.60. The lowest BCUT2D eigenvalue weighted by molar-refractivity contribution is 0.927. The number of hydrogen-bond acceptors (Lipinski definition) is 2. The van der Waals surface area contributed by atoms with Crippen molar-refractivity contribution in [1.82, 2.24) is 0 Å². The van der Waals surface area contributed by atoms with E-state index in [-0.39, 0.29) is 0 Å². The zero-order chi connectivity index (χ0) is 11.8. The summed E-state index contributed by atoms with van der Waals surface area (Å²) in [6.07, 6.45) is 9.17. The van der Waals surface area contributed by atoms with Gasteiger partial charge in [-0.25, -0.2) is 0 Å². The monoisotopic (exact) mass is 214 g/mol. The maximum Gasteiger partial charge on any atom is 0.0314 e. The van der Waals surface area contributed by atoms with E-state index in [4.69, 9.17) is 11.5 Å². The summed E-state index contributed by atoms with van der Waals surface area (Å²) >= 11 is 0. The van der Waals surface area contributed by atoms with Gasteiger partial charge in [-0.15, -0.1) is 0 Å². The van der Waals surface area contributed by atoms with Crippen LogP contribution in [0.3, 0.4) is 0 Å². The Hall–Kier alpha value is -1.96. The van der Waals surface area contributed by atoms with Gasteiger partial charge in [0.15, 0.2) is 0 Å². The van der Waals surface area contributed by atoms with Gasteiger partial charge in [0.25, 0.3) is 0 Å². The highest BCUT2D eigenvalue weighted by molar-refractivity contribution is 5.39. The van der Waals surface area contributed by atoms with Gasteiger partial charge in [-0.3, -0.25) is 0 Å². The molecule has 1 aromatic rings. The largest absolute Gasteiger partial charge is 0.402 e. The Kier molecular flexibility index (Phi) is 4.93. The van der Waals surface area contributed by atoms with Crippen molar-refractivity contribution in [2.75, 3.05) is 5.73 Å². The van der Waals surface area contributed by atoms with Gasteiger partial charge in [0.2, 0.25) is 0 Å². The van der Waals surface area contributed by atoms with Gasteiger partial charge in [0.05, 0.1) is 0 Å². The quantitative estimate of drug-likeness (QED) is 0.585. The topological polar surface area (TPSA) is 52.0 Å². The molecule has 4 N–H and O–H groups in total. The van der Waals surface area contributed by atoms with Crippen molar-refractivity contribution in [2.45, 2.75) is 12.8 Å². The van der Waals surface area contributed by atoms with Crippen LogP contribution in [0.15, 0.2) is 60.8 Å². The van der Waals surface area contributed by atoms with Crippen molar-refractivity contribution in [2.24, 2.45) is 5.73 Å². The zero-order valence-electron chi connectivity index (χ0n) is 9.39. The Balaban J connectivity index is 2.45. The summed E-state index contributed by atoms with van der Waals surface area (Å²) in [7, 11) is 0. The van der Waals surface area contributed by atoms with E-state index in [1.54, 1.807) is 6.08 Å². The Morgan fingerprint density at radius 1 is 1.19 bits per heavy atom. The highest BCUT2D eigenvalue weighted by Crippen LogP contribution is 2.09. The van der Waals surface area contributed by atoms with Crippen molar-refractivity contribution in [1.29, 1.82) is 0 Å². The molecule has 1 rings (SSSR count). The summed E-state index contributed by atoms with van der Waals surface area (Å²) < 4.78 is 0. The van der Waals surface area contributed by atoms with E-state index in [2.05, 4.69) is 6.58 Å². The lowest BCUT2D eigenvalue weighted by Gasteiger charge is -2.02. The van der Waals surface area contributed by atoms with Gasteiger partial charge in [-0.05, 0) is 36.6 Å². The number of nitrogens with two attached hydrogens (primary N) is 2. The van der Waals surface area contributed by atoms with Crippen LogP contribution >= 0.6 is 0 Å². The molecule has 0 aliphatic rings. The molecule has 0 aliphatic heterocycles. The van der Waals surface area contributed by atoms with Gasteiger partial charge >= 0.3 is 0 Å².